The quantitative estimate of drug-likeness (QED) is 0.211. The van der Waals surface area contributed by atoms with Crippen molar-refractivity contribution in [2.24, 2.45) is 16.0 Å². The molecule has 216 valence electrons. The molecule has 0 atom stereocenters. The minimum absolute atomic E-state index is 0.169. The van der Waals surface area contributed by atoms with Crippen LogP contribution < -0.4 is 10.6 Å². The van der Waals surface area contributed by atoms with Crippen LogP contribution in [-0.2, 0) is 6.54 Å². The largest absolute Gasteiger partial charge is 0.366 e. The number of hydrazone groups is 1. The highest BCUT2D eigenvalue weighted by molar-refractivity contribution is 9.12. The Bertz CT molecular complexity index is 1500. The molecule has 1 fully saturated rings. The molecule has 10 nitrogen and oxygen atoms in total. The van der Waals surface area contributed by atoms with Gasteiger partial charge in [0.1, 0.15) is 11.5 Å². The molecule has 2 N–H and O–H groups in total. The van der Waals surface area contributed by atoms with Gasteiger partial charge in [-0.15, -0.1) is 5.10 Å². The molecule has 4 rings (SSSR count). The second-order valence-corrected chi connectivity index (χ2v) is 11.2. The number of halogens is 1. The number of carbonyl (C=O) groups is 1. The van der Waals surface area contributed by atoms with E-state index in [-0.39, 0.29) is 11.9 Å². The van der Waals surface area contributed by atoms with Gasteiger partial charge in [-0.3, -0.25) is 10.0 Å². The van der Waals surface area contributed by atoms with E-state index < -0.39 is 0 Å². The fourth-order valence-electron chi connectivity index (χ4n) is 4.50. The van der Waals surface area contributed by atoms with E-state index in [0.717, 1.165) is 41.2 Å². The van der Waals surface area contributed by atoms with Gasteiger partial charge in [-0.2, -0.15) is 10.4 Å². The first-order valence-corrected chi connectivity index (χ1v) is 15.0. The number of aliphatic imine (C=N–C) groups is 1. The fraction of sp³-hybridized carbons (Fsp3) is 0.267. The summed E-state index contributed by atoms with van der Waals surface area (Å²) in [4.78, 5) is 19.3. The number of piperidine rings is 1. The smallest absolute Gasteiger partial charge is 0.321 e. The number of carbonyl (C=O) groups excluding carboxylic acids is 1. The minimum Gasteiger partial charge on any atom is -0.366 e. The normalized spacial score (nSPS) is 14.5. The molecular weight excluding hydrogens is 614 g/mol. The van der Waals surface area contributed by atoms with Crippen LogP contribution in [0, 0.1) is 17.2 Å². The number of amides is 2. The average molecular weight is 647 g/mol. The topological polar surface area (TPSA) is 122 Å². The summed E-state index contributed by atoms with van der Waals surface area (Å²) in [5.74, 6) is 0.971. The van der Waals surface area contributed by atoms with Crippen LogP contribution in [0.3, 0.4) is 0 Å². The molecule has 0 unspecified atom stereocenters. The van der Waals surface area contributed by atoms with Gasteiger partial charge in [0.25, 0.3) is 0 Å². The fourth-order valence-corrected chi connectivity index (χ4v) is 5.06. The van der Waals surface area contributed by atoms with Gasteiger partial charge in [0.15, 0.2) is 0 Å². The van der Waals surface area contributed by atoms with Crippen LogP contribution >= 0.6 is 27.5 Å². The molecule has 12 heteroatoms. The molecule has 1 aliphatic rings. The summed E-state index contributed by atoms with van der Waals surface area (Å²) in [6.07, 6.45) is 5.22. The number of benzene rings is 2. The third kappa shape index (κ3) is 8.58. The SMILES string of the molecule is C=C(Br)/C=N\N(C)/C(=C\C(=N/C)C1CCN(C(=O)Nc2cccc(C#N)c2)CC1)NCc1ccc(-c2csnn2)cc1. The van der Waals surface area contributed by atoms with E-state index in [0.29, 0.717) is 35.4 Å². The zero-order valence-corrected chi connectivity index (χ0v) is 25.9. The highest BCUT2D eigenvalue weighted by Crippen LogP contribution is 2.22. The van der Waals surface area contributed by atoms with Gasteiger partial charge in [0.05, 0.1) is 17.8 Å². The second kappa shape index (κ2) is 15.0. The zero-order chi connectivity index (χ0) is 29.9. The van der Waals surface area contributed by atoms with Gasteiger partial charge in [-0.25, -0.2) is 4.79 Å². The van der Waals surface area contributed by atoms with Crippen molar-refractivity contribution in [3.05, 3.63) is 88.0 Å². The molecule has 1 aromatic heterocycles. The Morgan fingerprint density at radius 1 is 1.29 bits per heavy atom. The Labute approximate surface area is 258 Å². The first-order valence-electron chi connectivity index (χ1n) is 13.3. The maximum absolute atomic E-state index is 12.9. The molecule has 0 radical (unpaired) electrons. The van der Waals surface area contributed by atoms with E-state index in [1.54, 1.807) is 47.4 Å². The van der Waals surface area contributed by atoms with Gasteiger partial charge in [-0.05, 0) is 64.1 Å². The summed E-state index contributed by atoms with van der Waals surface area (Å²) in [5, 5.41) is 27.8. The van der Waals surface area contributed by atoms with Gasteiger partial charge in [0, 0.05) is 72.5 Å². The first kappa shape index (κ1) is 30.6. The van der Waals surface area contributed by atoms with Gasteiger partial charge in [-0.1, -0.05) is 41.4 Å². The summed E-state index contributed by atoms with van der Waals surface area (Å²) in [6.45, 7) is 5.61. The van der Waals surface area contributed by atoms with Gasteiger partial charge in [0.2, 0.25) is 0 Å². The number of urea groups is 1. The van der Waals surface area contributed by atoms with Crippen molar-refractivity contribution in [3.8, 4) is 17.3 Å². The summed E-state index contributed by atoms with van der Waals surface area (Å²) >= 11 is 4.66. The lowest BCUT2D eigenvalue weighted by atomic mass is 9.91. The Balaban J connectivity index is 1.41. The number of nitriles is 1. The summed E-state index contributed by atoms with van der Waals surface area (Å²) in [6, 6.07) is 17.0. The summed E-state index contributed by atoms with van der Waals surface area (Å²) in [7, 11) is 3.66. The number of allylic oxidation sites excluding steroid dienone is 2. The molecule has 2 amide bonds. The molecule has 2 aromatic carbocycles. The van der Waals surface area contributed by atoms with Crippen LogP contribution in [0.2, 0.25) is 0 Å². The number of anilines is 1. The molecule has 0 aliphatic carbocycles. The third-order valence-corrected chi connectivity index (χ3v) is 7.50. The van der Waals surface area contributed by atoms with Crippen molar-refractivity contribution in [1.82, 2.24) is 24.8 Å². The predicted octanol–water partition coefficient (Wildman–Crippen LogP) is 5.85. The zero-order valence-electron chi connectivity index (χ0n) is 23.5. The second-order valence-electron chi connectivity index (χ2n) is 9.62. The number of likely N-dealkylation sites (tertiary alicyclic amines) is 1. The van der Waals surface area contributed by atoms with E-state index in [2.05, 4.69) is 71.0 Å². The Kier molecular flexibility index (Phi) is 11.0. The van der Waals surface area contributed by atoms with Crippen LogP contribution in [0.1, 0.15) is 24.0 Å². The Morgan fingerprint density at radius 3 is 2.69 bits per heavy atom. The van der Waals surface area contributed by atoms with E-state index in [1.807, 2.05) is 30.6 Å². The maximum atomic E-state index is 12.9. The molecule has 2 heterocycles. The Hall–Kier alpha value is -4.34. The standard InChI is InChI=1S/C30H32BrN9OS/c1-21(31)18-35-39(3)29(34-19-22-7-9-24(10-8-22)28-20-42-38-37-28)16-27(33-2)25-11-13-40(14-12-25)30(41)36-26-6-4-5-23(15-26)17-32/h4-10,15-16,18,20,25,34H,1,11-14,19H2,2-3H3,(H,36,41)/b29-16-,33-27+,35-18-. The molecule has 3 aromatic rings. The lowest BCUT2D eigenvalue weighted by Gasteiger charge is -2.32. The number of nitrogens with zero attached hydrogens (tertiary/aromatic N) is 7. The highest BCUT2D eigenvalue weighted by Gasteiger charge is 2.26. The lowest BCUT2D eigenvalue weighted by Crippen LogP contribution is -2.42. The van der Waals surface area contributed by atoms with E-state index in [4.69, 9.17) is 5.26 Å². The average Bonchev–Trinajstić information content (AvgIpc) is 3.56. The number of hydrogen-bond donors (Lipinski definition) is 2. The van der Waals surface area contributed by atoms with Gasteiger partial charge >= 0.3 is 6.03 Å². The number of hydrogen-bond acceptors (Lipinski definition) is 9. The molecular formula is C30H32BrN9OS. The molecule has 1 aliphatic heterocycles. The number of aromatic nitrogens is 2. The van der Waals surface area contributed by atoms with Crippen LogP contribution in [0.25, 0.3) is 11.3 Å². The maximum Gasteiger partial charge on any atom is 0.321 e. The number of rotatable bonds is 10. The predicted molar refractivity (Wildman–Crippen MR) is 172 cm³/mol. The van der Waals surface area contributed by atoms with Gasteiger partial charge < -0.3 is 15.5 Å². The minimum atomic E-state index is -0.169. The van der Waals surface area contributed by atoms with Crippen molar-refractivity contribution in [1.29, 1.82) is 5.26 Å². The van der Waals surface area contributed by atoms with E-state index in [1.165, 1.54) is 11.5 Å². The van der Waals surface area contributed by atoms with Crippen molar-refractivity contribution < 1.29 is 4.79 Å². The van der Waals surface area contributed by atoms with Crippen molar-refractivity contribution in [2.75, 3.05) is 32.5 Å². The Morgan fingerprint density at radius 2 is 2.05 bits per heavy atom. The molecule has 42 heavy (non-hydrogen) atoms. The van der Waals surface area contributed by atoms with Crippen LogP contribution in [0.15, 0.2) is 87.0 Å². The van der Waals surface area contributed by atoms with Crippen LogP contribution in [-0.4, -0.2) is 64.6 Å². The molecule has 0 bridgehead atoms. The first-order chi connectivity index (χ1) is 20.4. The van der Waals surface area contributed by atoms with Crippen molar-refractivity contribution >= 4 is 51.1 Å². The lowest BCUT2D eigenvalue weighted by molar-refractivity contribution is 0.193. The molecule has 1 saturated heterocycles. The number of nitrogens with one attached hydrogen (secondary N) is 2. The molecule has 0 spiro atoms. The van der Waals surface area contributed by atoms with Crippen LogP contribution in [0.5, 0.6) is 0 Å². The summed E-state index contributed by atoms with van der Waals surface area (Å²) in [5.41, 5.74) is 5.04. The van der Waals surface area contributed by atoms with Crippen LogP contribution in [0.4, 0.5) is 10.5 Å². The van der Waals surface area contributed by atoms with Crippen molar-refractivity contribution in [3.63, 3.8) is 0 Å². The summed E-state index contributed by atoms with van der Waals surface area (Å²) < 4.78 is 4.60. The van der Waals surface area contributed by atoms with E-state index >= 15 is 0 Å². The van der Waals surface area contributed by atoms with Crippen molar-refractivity contribution in [2.45, 2.75) is 19.4 Å². The molecule has 0 saturated carbocycles. The monoisotopic (exact) mass is 645 g/mol. The van der Waals surface area contributed by atoms with E-state index in [9.17, 15) is 4.79 Å². The highest BCUT2D eigenvalue weighted by atomic mass is 79.9. The third-order valence-electron chi connectivity index (χ3n) is 6.79.